The number of aliphatic carboxylic acids is 1. The first-order chi connectivity index (χ1) is 11.5. The third-order valence-electron chi connectivity index (χ3n) is 3.48. The number of halogens is 1. The van der Waals surface area contributed by atoms with E-state index in [0.29, 0.717) is 5.56 Å². The lowest BCUT2D eigenvalue weighted by atomic mass is 10.1. The summed E-state index contributed by atoms with van der Waals surface area (Å²) in [7, 11) is 0. The predicted molar refractivity (Wildman–Crippen MR) is 94.7 cm³/mol. The van der Waals surface area contributed by atoms with Gasteiger partial charge in [-0.2, -0.15) is 0 Å². The van der Waals surface area contributed by atoms with Crippen LogP contribution in [0.15, 0.2) is 60.7 Å². The molecule has 24 heavy (non-hydrogen) atoms. The molecular formula is C19H18ClNO3. The number of hydrogen-bond donors (Lipinski definition) is 2. The van der Waals surface area contributed by atoms with E-state index in [0.717, 1.165) is 11.1 Å². The molecule has 0 bridgehead atoms. The molecule has 5 heteroatoms. The van der Waals surface area contributed by atoms with Crippen molar-refractivity contribution in [3.8, 4) is 0 Å². The van der Waals surface area contributed by atoms with Gasteiger partial charge in [-0.3, -0.25) is 4.79 Å². The van der Waals surface area contributed by atoms with Gasteiger partial charge >= 0.3 is 5.97 Å². The Morgan fingerprint density at radius 2 is 1.75 bits per heavy atom. The van der Waals surface area contributed by atoms with Crippen molar-refractivity contribution in [1.82, 2.24) is 5.32 Å². The summed E-state index contributed by atoms with van der Waals surface area (Å²) >= 11 is 6.13. The largest absolute Gasteiger partial charge is 0.480 e. The standard InChI is InChI=1S/C19H18ClNO3/c1-13-7-9-15(10-8-13)16(20)12-18(22)21-17(19(23)24)11-14-5-3-2-4-6-14/h2-10,12,17H,11H2,1H3,(H,21,22)(H,23,24)/t17-/m0/s1. The number of carboxylic acids is 1. The van der Waals surface area contributed by atoms with E-state index in [9.17, 15) is 14.7 Å². The predicted octanol–water partition coefficient (Wildman–Crippen LogP) is 3.39. The van der Waals surface area contributed by atoms with Gasteiger partial charge in [-0.25, -0.2) is 4.79 Å². The second-order valence-electron chi connectivity index (χ2n) is 5.45. The van der Waals surface area contributed by atoms with Crippen molar-refractivity contribution in [2.75, 3.05) is 0 Å². The molecule has 0 saturated carbocycles. The number of aryl methyl sites for hydroxylation is 1. The van der Waals surface area contributed by atoms with E-state index in [1.165, 1.54) is 6.08 Å². The fraction of sp³-hybridized carbons (Fsp3) is 0.158. The lowest BCUT2D eigenvalue weighted by Gasteiger charge is -2.13. The molecule has 2 N–H and O–H groups in total. The molecular weight excluding hydrogens is 326 g/mol. The first-order valence-electron chi connectivity index (χ1n) is 7.47. The van der Waals surface area contributed by atoms with Crippen LogP contribution in [0.4, 0.5) is 0 Å². The molecule has 0 heterocycles. The van der Waals surface area contributed by atoms with Gasteiger partial charge < -0.3 is 10.4 Å². The van der Waals surface area contributed by atoms with Gasteiger partial charge in [0.2, 0.25) is 5.91 Å². The molecule has 0 fully saturated rings. The Labute approximate surface area is 145 Å². The van der Waals surface area contributed by atoms with E-state index in [2.05, 4.69) is 5.32 Å². The van der Waals surface area contributed by atoms with Crippen molar-refractivity contribution in [3.63, 3.8) is 0 Å². The van der Waals surface area contributed by atoms with E-state index in [1.807, 2.05) is 49.4 Å². The van der Waals surface area contributed by atoms with Gasteiger partial charge in [0, 0.05) is 12.5 Å². The Bertz CT molecular complexity index is 739. The maximum absolute atomic E-state index is 12.1. The van der Waals surface area contributed by atoms with Crippen LogP contribution in [0.25, 0.3) is 5.03 Å². The number of nitrogens with one attached hydrogen (secondary N) is 1. The normalized spacial score (nSPS) is 12.5. The quantitative estimate of drug-likeness (QED) is 0.790. The molecule has 0 aliphatic carbocycles. The van der Waals surface area contributed by atoms with Crippen molar-refractivity contribution < 1.29 is 14.7 Å². The summed E-state index contributed by atoms with van der Waals surface area (Å²) in [5.74, 6) is -1.63. The van der Waals surface area contributed by atoms with Crippen LogP contribution in [0.5, 0.6) is 0 Å². The SMILES string of the molecule is Cc1ccc(C(Cl)=CC(=O)N[C@@H](Cc2ccccc2)C(=O)O)cc1. The van der Waals surface area contributed by atoms with Gasteiger partial charge in [0.25, 0.3) is 0 Å². The number of carbonyl (C=O) groups excluding carboxylic acids is 1. The van der Waals surface area contributed by atoms with Gasteiger partial charge in [0.1, 0.15) is 6.04 Å². The van der Waals surface area contributed by atoms with E-state index in [1.54, 1.807) is 12.1 Å². The topological polar surface area (TPSA) is 66.4 Å². The van der Waals surface area contributed by atoms with E-state index in [4.69, 9.17) is 11.6 Å². The fourth-order valence-corrected chi connectivity index (χ4v) is 2.40. The van der Waals surface area contributed by atoms with Crippen LogP contribution in [0.1, 0.15) is 16.7 Å². The highest BCUT2D eigenvalue weighted by Crippen LogP contribution is 2.19. The summed E-state index contributed by atoms with van der Waals surface area (Å²) in [6, 6.07) is 15.5. The minimum atomic E-state index is -1.09. The van der Waals surface area contributed by atoms with E-state index < -0.39 is 17.9 Å². The highest BCUT2D eigenvalue weighted by atomic mass is 35.5. The third kappa shape index (κ3) is 5.25. The minimum Gasteiger partial charge on any atom is -0.480 e. The Balaban J connectivity index is 2.06. The number of carbonyl (C=O) groups is 2. The summed E-state index contributed by atoms with van der Waals surface area (Å²) in [6.45, 7) is 1.95. The van der Waals surface area contributed by atoms with E-state index >= 15 is 0 Å². The van der Waals surface area contributed by atoms with Crippen molar-refractivity contribution in [2.24, 2.45) is 0 Å². The van der Waals surface area contributed by atoms with Crippen LogP contribution in [0.2, 0.25) is 0 Å². The van der Waals surface area contributed by atoms with Crippen LogP contribution < -0.4 is 5.32 Å². The van der Waals surface area contributed by atoms with Crippen LogP contribution in [-0.4, -0.2) is 23.0 Å². The number of amides is 1. The molecule has 0 aliphatic heterocycles. The van der Waals surface area contributed by atoms with Crippen molar-refractivity contribution >= 4 is 28.5 Å². The molecule has 2 aromatic rings. The van der Waals surface area contributed by atoms with Crippen molar-refractivity contribution in [3.05, 3.63) is 77.4 Å². The number of benzene rings is 2. The molecule has 2 aromatic carbocycles. The zero-order valence-electron chi connectivity index (χ0n) is 13.2. The summed E-state index contributed by atoms with van der Waals surface area (Å²) in [5.41, 5.74) is 2.62. The van der Waals surface area contributed by atoms with Gasteiger partial charge in [0.05, 0.1) is 5.03 Å². The molecule has 124 valence electrons. The Hall–Kier alpha value is -2.59. The smallest absolute Gasteiger partial charge is 0.326 e. The summed E-state index contributed by atoms with van der Waals surface area (Å²) < 4.78 is 0. The summed E-state index contributed by atoms with van der Waals surface area (Å²) in [6.07, 6.45) is 1.41. The molecule has 0 radical (unpaired) electrons. The fourth-order valence-electron chi connectivity index (χ4n) is 2.17. The average molecular weight is 344 g/mol. The highest BCUT2D eigenvalue weighted by molar-refractivity contribution is 6.50. The van der Waals surface area contributed by atoms with Crippen LogP contribution in [-0.2, 0) is 16.0 Å². The first kappa shape index (κ1) is 17.8. The molecule has 0 saturated heterocycles. The Morgan fingerprint density at radius 1 is 1.12 bits per heavy atom. The second-order valence-corrected chi connectivity index (χ2v) is 5.85. The zero-order valence-corrected chi connectivity index (χ0v) is 14.0. The lowest BCUT2D eigenvalue weighted by Crippen LogP contribution is -2.41. The Morgan fingerprint density at radius 3 is 2.33 bits per heavy atom. The molecule has 0 aromatic heterocycles. The molecule has 1 atom stereocenters. The van der Waals surface area contributed by atoms with Gasteiger partial charge in [-0.15, -0.1) is 0 Å². The van der Waals surface area contributed by atoms with E-state index in [-0.39, 0.29) is 11.5 Å². The van der Waals surface area contributed by atoms with Gasteiger partial charge in [0.15, 0.2) is 0 Å². The number of carboxylic acid groups (broad SMARTS) is 1. The van der Waals surface area contributed by atoms with Gasteiger partial charge in [-0.1, -0.05) is 71.8 Å². The minimum absolute atomic E-state index is 0.206. The highest BCUT2D eigenvalue weighted by Gasteiger charge is 2.19. The molecule has 0 aliphatic rings. The van der Waals surface area contributed by atoms with Crippen LogP contribution >= 0.6 is 11.6 Å². The summed E-state index contributed by atoms with van der Waals surface area (Å²) in [4.78, 5) is 23.4. The Kier molecular flexibility index (Phi) is 6.15. The molecule has 1 amide bonds. The second kappa shape index (κ2) is 8.31. The third-order valence-corrected chi connectivity index (χ3v) is 3.81. The summed E-state index contributed by atoms with van der Waals surface area (Å²) in [5, 5.41) is 12.0. The molecule has 2 rings (SSSR count). The van der Waals surface area contributed by atoms with Crippen molar-refractivity contribution in [2.45, 2.75) is 19.4 Å². The van der Waals surface area contributed by atoms with Crippen LogP contribution in [0.3, 0.4) is 0 Å². The van der Waals surface area contributed by atoms with Gasteiger partial charge in [-0.05, 0) is 18.1 Å². The van der Waals surface area contributed by atoms with Crippen molar-refractivity contribution in [1.29, 1.82) is 0 Å². The molecule has 0 spiro atoms. The number of hydrogen-bond acceptors (Lipinski definition) is 2. The lowest BCUT2D eigenvalue weighted by molar-refractivity contribution is -0.141. The number of rotatable bonds is 6. The average Bonchev–Trinajstić information content (AvgIpc) is 2.55. The molecule has 0 unspecified atom stereocenters. The first-order valence-corrected chi connectivity index (χ1v) is 7.85. The maximum Gasteiger partial charge on any atom is 0.326 e. The zero-order chi connectivity index (χ0) is 17.5. The monoisotopic (exact) mass is 343 g/mol. The molecule has 4 nitrogen and oxygen atoms in total. The van der Waals surface area contributed by atoms with Crippen LogP contribution in [0, 0.1) is 6.92 Å². The maximum atomic E-state index is 12.1.